The van der Waals surface area contributed by atoms with E-state index in [-0.39, 0.29) is 11.8 Å². The maximum absolute atomic E-state index is 11.1. The van der Waals surface area contributed by atoms with Crippen LogP contribution in [0.4, 0.5) is 0 Å². The lowest BCUT2D eigenvalue weighted by molar-refractivity contribution is -0.431. The monoisotopic (exact) mass is 260 g/mol. The molecule has 106 valence electrons. The highest BCUT2D eigenvalue weighted by Crippen LogP contribution is 2.30. The van der Waals surface area contributed by atoms with Gasteiger partial charge in [0.1, 0.15) is 11.2 Å². The largest absolute Gasteiger partial charge is 0.547 e. The highest BCUT2D eigenvalue weighted by Gasteiger charge is 2.36. The van der Waals surface area contributed by atoms with Crippen LogP contribution in [0.1, 0.15) is 48.0 Å². The quantitative estimate of drug-likeness (QED) is 0.467. The molecule has 0 aromatic carbocycles. The molecule has 0 rings (SSSR count). The molecular weight excluding hydrogens is 240 g/mol. The van der Waals surface area contributed by atoms with Crippen molar-refractivity contribution in [1.29, 1.82) is 0 Å². The van der Waals surface area contributed by atoms with Crippen LogP contribution in [-0.4, -0.2) is 23.1 Å². The van der Waals surface area contributed by atoms with E-state index in [1.165, 1.54) is 20.8 Å². The third kappa shape index (κ3) is 5.01. The SMILES string of the molecule is CC(C)(C)CC(C)(OOC(C)(C)C(=O)[O-])C(=O)[O-]. The van der Waals surface area contributed by atoms with Gasteiger partial charge in [0.25, 0.3) is 0 Å². The predicted octanol–water partition coefficient (Wildman–Crippen LogP) is -0.592. The molecule has 0 bridgehead atoms. The molecule has 18 heavy (non-hydrogen) atoms. The normalized spacial score (nSPS) is 16.1. The van der Waals surface area contributed by atoms with Crippen LogP contribution in [0.15, 0.2) is 0 Å². The van der Waals surface area contributed by atoms with E-state index in [1.807, 2.05) is 20.8 Å². The number of hydrogen-bond acceptors (Lipinski definition) is 6. The van der Waals surface area contributed by atoms with Gasteiger partial charge in [0.2, 0.25) is 0 Å². The smallest absolute Gasteiger partial charge is 0.140 e. The van der Waals surface area contributed by atoms with Crippen molar-refractivity contribution in [3.8, 4) is 0 Å². The topological polar surface area (TPSA) is 98.7 Å². The molecule has 0 spiro atoms. The second kappa shape index (κ2) is 5.24. The zero-order valence-corrected chi connectivity index (χ0v) is 11.7. The minimum absolute atomic E-state index is 0.103. The van der Waals surface area contributed by atoms with E-state index in [4.69, 9.17) is 4.89 Å². The summed E-state index contributed by atoms with van der Waals surface area (Å²) in [6.45, 7) is 9.15. The lowest BCUT2D eigenvalue weighted by Gasteiger charge is -2.37. The lowest BCUT2D eigenvalue weighted by atomic mass is 9.83. The summed E-state index contributed by atoms with van der Waals surface area (Å²) in [7, 11) is 0. The molecule has 0 saturated heterocycles. The Hall–Kier alpha value is -1.14. The second-order valence-corrected chi connectivity index (χ2v) is 6.22. The molecule has 0 amide bonds. The van der Waals surface area contributed by atoms with Gasteiger partial charge in [-0.3, -0.25) is 0 Å². The van der Waals surface area contributed by atoms with E-state index in [0.717, 1.165) is 0 Å². The fraction of sp³-hybridized carbons (Fsp3) is 0.833. The first-order valence-electron chi connectivity index (χ1n) is 5.60. The summed E-state index contributed by atoms with van der Waals surface area (Å²) in [6.07, 6.45) is 0.103. The third-order valence-electron chi connectivity index (χ3n) is 2.22. The molecule has 0 aliphatic rings. The first kappa shape index (κ1) is 16.9. The van der Waals surface area contributed by atoms with Gasteiger partial charge in [0.15, 0.2) is 0 Å². The van der Waals surface area contributed by atoms with Crippen LogP contribution in [0, 0.1) is 5.41 Å². The van der Waals surface area contributed by atoms with Gasteiger partial charge in [-0.25, -0.2) is 9.78 Å². The van der Waals surface area contributed by atoms with E-state index in [9.17, 15) is 19.8 Å². The average Bonchev–Trinajstić information content (AvgIpc) is 2.11. The van der Waals surface area contributed by atoms with Gasteiger partial charge in [-0.15, -0.1) is 0 Å². The maximum Gasteiger partial charge on any atom is 0.140 e. The molecule has 0 N–H and O–H groups in total. The van der Waals surface area contributed by atoms with Gasteiger partial charge in [-0.2, -0.15) is 0 Å². The zero-order valence-electron chi connectivity index (χ0n) is 11.7. The number of rotatable bonds is 6. The molecule has 0 saturated carbocycles. The van der Waals surface area contributed by atoms with Crippen molar-refractivity contribution in [2.24, 2.45) is 5.41 Å². The molecule has 0 radical (unpaired) electrons. The van der Waals surface area contributed by atoms with Gasteiger partial charge < -0.3 is 19.8 Å². The zero-order chi connectivity index (χ0) is 14.8. The van der Waals surface area contributed by atoms with E-state index in [0.29, 0.717) is 0 Å². The first-order chi connectivity index (χ1) is 7.80. The fourth-order valence-electron chi connectivity index (χ4n) is 1.38. The molecule has 0 fully saturated rings. The van der Waals surface area contributed by atoms with Gasteiger partial charge in [0, 0.05) is 0 Å². The summed E-state index contributed by atoms with van der Waals surface area (Å²) < 4.78 is 0. The van der Waals surface area contributed by atoms with Crippen LogP contribution in [0.25, 0.3) is 0 Å². The minimum atomic E-state index is -1.74. The van der Waals surface area contributed by atoms with Crippen molar-refractivity contribution in [3.63, 3.8) is 0 Å². The van der Waals surface area contributed by atoms with Crippen LogP contribution < -0.4 is 10.2 Å². The molecule has 1 unspecified atom stereocenters. The Morgan fingerprint density at radius 3 is 1.61 bits per heavy atom. The van der Waals surface area contributed by atoms with Crippen molar-refractivity contribution in [2.45, 2.75) is 59.2 Å². The van der Waals surface area contributed by atoms with E-state index in [1.54, 1.807) is 0 Å². The van der Waals surface area contributed by atoms with E-state index in [2.05, 4.69) is 4.89 Å². The number of carbonyl (C=O) groups is 2. The molecule has 6 heteroatoms. The Morgan fingerprint density at radius 2 is 1.33 bits per heavy atom. The van der Waals surface area contributed by atoms with Crippen LogP contribution in [0.2, 0.25) is 0 Å². The van der Waals surface area contributed by atoms with Gasteiger partial charge in [0.05, 0.1) is 11.9 Å². The summed E-state index contributed by atoms with van der Waals surface area (Å²) in [4.78, 5) is 31.3. The Morgan fingerprint density at radius 1 is 0.889 bits per heavy atom. The van der Waals surface area contributed by atoms with E-state index < -0.39 is 23.1 Å². The molecule has 0 aliphatic heterocycles. The summed E-state index contributed by atoms with van der Waals surface area (Å²) in [5, 5.41) is 21.8. The van der Waals surface area contributed by atoms with Crippen LogP contribution in [-0.2, 0) is 19.4 Å². The average molecular weight is 260 g/mol. The standard InChI is InChI=1S/C12H22O6/c1-10(2,3)7-12(6,9(15)16)18-17-11(4,5)8(13)14/h7H2,1-6H3,(H,13,14)(H,15,16)/p-2. The first-order valence-corrected chi connectivity index (χ1v) is 5.60. The Bertz CT molecular complexity index is 328. The summed E-state index contributed by atoms with van der Waals surface area (Å²) >= 11 is 0. The predicted molar refractivity (Wildman–Crippen MR) is 58.7 cm³/mol. The summed E-state index contributed by atoms with van der Waals surface area (Å²) in [5.74, 6) is -2.97. The maximum atomic E-state index is 11.1. The summed E-state index contributed by atoms with van der Waals surface area (Å²) in [5.41, 5.74) is -3.83. The Balaban J connectivity index is 4.85. The van der Waals surface area contributed by atoms with Crippen LogP contribution in [0.3, 0.4) is 0 Å². The van der Waals surface area contributed by atoms with Crippen molar-refractivity contribution >= 4 is 11.9 Å². The Kier molecular flexibility index (Phi) is 4.91. The highest BCUT2D eigenvalue weighted by atomic mass is 17.2. The van der Waals surface area contributed by atoms with Gasteiger partial charge in [-0.1, -0.05) is 20.8 Å². The number of carbonyl (C=O) groups excluding carboxylic acids is 2. The van der Waals surface area contributed by atoms with Gasteiger partial charge in [-0.05, 0) is 32.6 Å². The minimum Gasteiger partial charge on any atom is -0.547 e. The molecule has 0 aromatic heterocycles. The van der Waals surface area contributed by atoms with Crippen molar-refractivity contribution < 1.29 is 29.6 Å². The molecular formula is C12H20O6-2. The fourth-order valence-corrected chi connectivity index (χ4v) is 1.38. The number of hydrogen-bond donors (Lipinski definition) is 0. The highest BCUT2D eigenvalue weighted by molar-refractivity contribution is 5.75. The third-order valence-corrected chi connectivity index (χ3v) is 2.22. The van der Waals surface area contributed by atoms with Crippen molar-refractivity contribution in [3.05, 3.63) is 0 Å². The molecule has 0 aromatic rings. The van der Waals surface area contributed by atoms with Crippen molar-refractivity contribution in [1.82, 2.24) is 0 Å². The summed E-state index contributed by atoms with van der Waals surface area (Å²) in [6, 6.07) is 0. The lowest BCUT2D eigenvalue weighted by Crippen LogP contribution is -2.53. The Labute approximate surface area is 107 Å². The molecule has 6 nitrogen and oxygen atoms in total. The van der Waals surface area contributed by atoms with Crippen LogP contribution >= 0.6 is 0 Å². The molecule has 1 atom stereocenters. The van der Waals surface area contributed by atoms with Gasteiger partial charge >= 0.3 is 0 Å². The second-order valence-electron chi connectivity index (χ2n) is 6.22. The van der Waals surface area contributed by atoms with E-state index >= 15 is 0 Å². The molecule has 0 heterocycles. The van der Waals surface area contributed by atoms with Crippen molar-refractivity contribution in [2.75, 3.05) is 0 Å². The number of carboxylic acid groups (broad SMARTS) is 2. The molecule has 0 aliphatic carbocycles. The number of aliphatic carboxylic acids is 2. The van der Waals surface area contributed by atoms with Crippen LogP contribution in [0.5, 0.6) is 0 Å². The number of carboxylic acids is 2.